The Morgan fingerprint density at radius 3 is 1.92 bits per heavy atom. The fourth-order valence-electron chi connectivity index (χ4n) is 1.37. The smallest absolute Gasteiger partial charge is 0.0667 e. The van der Waals surface area contributed by atoms with E-state index in [1.165, 1.54) is 12.8 Å². The van der Waals surface area contributed by atoms with Gasteiger partial charge in [0.05, 0.1) is 5.60 Å². The van der Waals surface area contributed by atoms with Crippen molar-refractivity contribution < 1.29 is 5.11 Å². The monoisotopic (exact) mass is 172 g/mol. The van der Waals surface area contributed by atoms with Gasteiger partial charge in [-0.05, 0) is 25.2 Å². The van der Waals surface area contributed by atoms with Gasteiger partial charge in [0.25, 0.3) is 0 Å². The summed E-state index contributed by atoms with van der Waals surface area (Å²) < 4.78 is 0. The predicted octanol–water partition coefficient (Wildman–Crippen LogP) is 3.36. The third-order valence-electron chi connectivity index (χ3n) is 3.30. The molecule has 1 heteroatoms. The van der Waals surface area contributed by atoms with Gasteiger partial charge in [-0.1, -0.05) is 40.5 Å². The molecule has 0 aliphatic carbocycles. The molecule has 0 saturated heterocycles. The van der Waals surface area contributed by atoms with Gasteiger partial charge in [-0.2, -0.15) is 0 Å². The second-order valence-electron chi connectivity index (χ2n) is 4.61. The fraction of sp³-hybridized carbons (Fsp3) is 1.00. The first-order valence-electron chi connectivity index (χ1n) is 5.09. The first-order valence-corrected chi connectivity index (χ1v) is 5.09. The standard InChI is InChI=1S/C11H24O/c1-6-8-9-10(3,4)11(5,12)7-2/h12H,6-9H2,1-5H3. The number of unbranched alkanes of at least 4 members (excludes halogenated alkanes) is 1. The van der Waals surface area contributed by atoms with Crippen LogP contribution in [0, 0.1) is 5.41 Å². The van der Waals surface area contributed by atoms with E-state index in [1.54, 1.807) is 0 Å². The van der Waals surface area contributed by atoms with Crippen molar-refractivity contribution in [3.05, 3.63) is 0 Å². The summed E-state index contributed by atoms with van der Waals surface area (Å²) in [5.41, 5.74) is -0.458. The molecule has 1 unspecified atom stereocenters. The van der Waals surface area contributed by atoms with E-state index in [1.807, 2.05) is 13.8 Å². The average Bonchev–Trinajstić information content (AvgIpc) is 2.00. The van der Waals surface area contributed by atoms with Gasteiger partial charge in [-0.25, -0.2) is 0 Å². The molecule has 0 spiro atoms. The van der Waals surface area contributed by atoms with Crippen LogP contribution in [0.4, 0.5) is 0 Å². The summed E-state index contributed by atoms with van der Waals surface area (Å²) in [6.45, 7) is 10.5. The van der Waals surface area contributed by atoms with Crippen molar-refractivity contribution in [2.24, 2.45) is 5.41 Å². The average molecular weight is 172 g/mol. The second kappa shape index (κ2) is 4.27. The van der Waals surface area contributed by atoms with Crippen molar-refractivity contribution in [1.29, 1.82) is 0 Å². The number of hydrogen-bond donors (Lipinski definition) is 1. The Kier molecular flexibility index (Phi) is 4.25. The molecule has 74 valence electrons. The molecule has 0 aliphatic heterocycles. The van der Waals surface area contributed by atoms with Gasteiger partial charge in [-0.3, -0.25) is 0 Å². The Labute approximate surface area is 77.2 Å². The fourth-order valence-corrected chi connectivity index (χ4v) is 1.37. The quantitative estimate of drug-likeness (QED) is 0.674. The van der Waals surface area contributed by atoms with Gasteiger partial charge in [0.1, 0.15) is 0 Å². The molecular formula is C11H24O. The molecule has 0 aromatic carbocycles. The molecular weight excluding hydrogens is 148 g/mol. The first kappa shape index (κ1) is 12.0. The SMILES string of the molecule is CCCCC(C)(C)C(C)(O)CC. The van der Waals surface area contributed by atoms with Crippen molar-refractivity contribution in [2.45, 2.75) is 65.9 Å². The lowest BCUT2D eigenvalue weighted by Gasteiger charge is -2.39. The lowest BCUT2D eigenvalue weighted by Crippen LogP contribution is -2.41. The van der Waals surface area contributed by atoms with E-state index in [-0.39, 0.29) is 5.41 Å². The van der Waals surface area contributed by atoms with Gasteiger partial charge < -0.3 is 5.11 Å². The van der Waals surface area contributed by atoms with Crippen LogP contribution in [0.5, 0.6) is 0 Å². The molecule has 12 heavy (non-hydrogen) atoms. The minimum absolute atomic E-state index is 0.0533. The molecule has 0 bridgehead atoms. The van der Waals surface area contributed by atoms with E-state index in [0.717, 1.165) is 12.8 Å². The Morgan fingerprint density at radius 2 is 1.58 bits per heavy atom. The highest BCUT2D eigenvalue weighted by Crippen LogP contribution is 2.37. The maximum atomic E-state index is 10.1. The summed E-state index contributed by atoms with van der Waals surface area (Å²) >= 11 is 0. The Hall–Kier alpha value is -0.0400. The molecule has 0 aromatic heterocycles. The molecule has 0 aliphatic rings. The zero-order chi connectivity index (χ0) is 9.83. The molecule has 0 heterocycles. The summed E-state index contributed by atoms with van der Waals surface area (Å²) in [7, 11) is 0. The van der Waals surface area contributed by atoms with Gasteiger partial charge >= 0.3 is 0 Å². The summed E-state index contributed by atoms with van der Waals surface area (Å²) in [5.74, 6) is 0. The highest BCUT2D eigenvalue weighted by molar-refractivity contribution is 4.88. The number of rotatable bonds is 5. The lowest BCUT2D eigenvalue weighted by atomic mass is 9.71. The van der Waals surface area contributed by atoms with Crippen molar-refractivity contribution in [1.82, 2.24) is 0 Å². The molecule has 0 rings (SSSR count). The summed E-state index contributed by atoms with van der Waals surface area (Å²) in [5, 5.41) is 10.1. The van der Waals surface area contributed by atoms with Crippen molar-refractivity contribution >= 4 is 0 Å². The minimum Gasteiger partial charge on any atom is -0.390 e. The van der Waals surface area contributed by atoms with Crippen LogP contribution in [0.1, 0.15) is 60.3 Å². The predicted molar refractivity (Wildman–Crippen MR) is 54.2 cm³/mol. The van der Waals surface area contributed by atoms with Gasteiger partial charge in [0.2, 0.25) is 0 Å². The van der Waals surface area contributed by atoms with Crippen molar-refractivity contribution in [3.8, 4) is 0 Å². The Morgan fingerprint density at radius 1 is 1.08 bits per heavy atom. The van der Waals surface area contributed by atoms with Crippen molar-refractivity contribution in [2.75, 3.05) is 0 Å². The van der Waals surface area contributed by atoms with Gasteiger partial charge in [-0.15, -0.1) is 0 Å². The van der Waals surface area contributed by atoms with Crippen LogP contribution >= 0.6 is 0 Å². The molecule has 1 nitrogen and oxygen atoms in total. The highest BCUT2D eigenvalue weighted by Gasteiger charge is 2.36. The summed E-state index contributed by atoms with van der Waals surface area (Å²) in [6.07, 6.45) is 4.38. The number of aliphatic hydroxyl groups is 1. The lowest BCUT2D eigenvalue weighted by molar-refractivity contribution is -0.0592. The van der Waals surface area contributed by atoms with Crippen molar-refractivity contribution in [3.63, 3.8) is 0 Å². The van der Waals surface area contributed by atoms with Crippen LogP contribution in [0.2, 0.25) is 0 Å². The topological polar surface area (TPSA) is 20.2 Å². The minimum atomic E-state index is -0.512. The van der Waals surface area contributed by atoms with E-state index in [9.17, 15) is 5.11 Å². The van der Waals surface area contributed by atoms with Crippen LogP contribution in [0.25, 0.3) is 0 Å². The second-order valence-corrected chi connectivity index (χ2v) is 4.61. The van der Waals surface area contributed by atoms with E-state index in [0.29, 0.717) is 0 Å². The molecule has 1 N–H and O–H groups in total. The third kappa shape index (κ3) is 2.78. The van der Waals surface area contributed by atoms with Crippen LogP contribution < -0.4 is 0 Å². The van der Waals surface area contributed by atoms with Crippen LogP contribution in [-0.2, 0) is 0 Å². The Bertz CT molecular complexity index is 125. The molecule has 0 amide bonds. The zero-order valence-electron chi connectivity index (χ0n) is 9.28. The number of hydrogen-bond acceptors (Lipinski definition) is 1. The van der Waals surface area contributed by atoms with Crippen LogP contribution in [0.3, 0.4) is 0 Å². The highest BCUT2D eigenvalue weighted by atomic mass is 16.3. The molecule has 0 radical (unpaired) electrons. The zero-order valence-corrected chi connectivity index (χ0v) is 9.28. The maximum absolute atomic E-state index is 10.1. The maximum Gasteiger partial charge on any atom is 0.0667 e. The molecule has 0 fully saturated rings. The van der Waals surface area contributed by atoms with E-state index in [4.69, 9.17) is 0 Å². The first-order chi connectivity index (χ1) is 5.37. The largest absolute Gasteiger partial charge is 0.390 e. The summed E-state index contributed by atoms with van der Waals surface area (Å²) in [4.78, 5) is 0. The normalized spacial score (nSPS) is 17.5. The Balaban J connectivity index is 4.17. The molecule has 0 saturated carbocycles. The molecule has 0 aromatic rings. The third-order valence-corrected chi connectivity index (χ3v) is 3.30. The van der Waals surface area contributed by atoms with E-state index in [2.05, 4.69) is 20.8 Å². The van der Waals surface area contributed by atoms with Crippen LogP contribution in [0.15, 0.2) is 0 Å². The van der Waals surface area contributed by atoms with Crippen LogP contribution in [-0.4, -0.2) is 10.7 Å². The van der Waals surface area contributed by atoms with Gasteiger partial charge in [0.15, 0.2) is 0 Å². The van der Waals surface area contributed by atoms with Gasteiger partial charge in [0, 0.05) is 0 Å². The summed E-state index contributed by atoms with van der Waals surface area (Å²) in [6, 6.07) is 0. The molecule has 1 atom stereocenters. The van der Waals surface area contributed by atoms with E-state index >= 15 is 0 Å². The van der Waals surface area contributed by atoms with E-state index < -0.39 is 5.60 Å².